The van der Waals surface area contributed by atoms with Gasteiger partial charge < -0.3 is 11.1 Å². The quantitative estimate of drug-likeness (QED) is 0.230. The van der Waals surface area contributed by atoms with Crippen molar-refractivity contribution in [3.8, 4) is 0 Å². The number of nitrogens with one attached hydrogen (secondary N) is 2. The average molecular weight is 207 g/mol. The summed E-state index contributed by atoms with van der Waals surface area (Å²) >= 11 is 0. The predicted octanol–water partition coefficient (Wildman–Crippen LogP) is -0.353. The molecule has 0 unspecified atom stereocenters. The third-order valence-electron chi connectivity index (χ3n) is 1.77. The molecule has 1 aromatic carbocycles. The Morgan fingerprint density at radius 2 is 2.20 bits per heavy atom. The van der Waals surface area contributed by atoms with Gasteiger partial charge in [0.2, 0.25) is 11.9 Å². The fourth-order valence-electron chi connectivity index (χ4n) is 1.04. The minimum absolute atomic E-state index is 0.400. The smallest absolute Gasteiger partial charge is 0.248 e. The molecule has 15 heavy (non-hydrogen) atoms. The van der Waals surface area contributed by atoms with Crippen LogP contribution in [0.5, 0.6) is 0 Å². The minimum atomic E-state index is -0.477. The number of aliphatic imine (C=N–C) groups is 1. The molecule has 1 amide bonds. The molecule has 0 aromatic heterocycles. The number of carbonyl (C=O) groups is 1. The number of nitrogens with two attached hydrogens (primary N) is 2. The molecule has 1 rings (SSSR count). The minimum Gasteiger partial charge on any atom is -0.366 e. The molecule has 0 atom stereocenters. The number of hydrogen-bond donors (Lipinski definition) is 4. The third-order valence-corrected chi connectivity index (χ3v) is 1.77. The van der Waals surface area contributed by atoms with Crippen LogP contribution in [-0.4, -0.2) is 18.9 Å². The van der Waals surface area contributed by atoms with Gasteiger partial charge in [-0.1, -0.05) is 6.07 Å². The van der Waals surface area contributed by atoms with E-state index in [0.717, 1.165) is 0 Å². The van der Waals surface area contributed by atoms with Gasteiger partial charge in [-0.3, -0.25) is 15.2 Å². The number of hydrogen-bond acceptors (Lipinski definition) is 3. The van der Waals surface area contributed by atoms with E-state index in [9.17, 15) is 4.79 Å². The molecular weight excluding hydrogens is 194 g/mol. The van der Waals surface area contributed by atoms with Crippen molar-refractivity contribution in [2.45, 2.75) is 0 Å². The molecule has 6 heteroatoms. The van der Waals surface area contributed by atoms with Gasteiger partial charge in [-0.15, -0.1) is 0 Å². The maximum absolute atomic E-state index is 10.9. The SMILES string of the molecule is CN=C(NN)Nc1cccc(C(N)=O)c1. The van der Waals surface area contributed by atoms with Gasteiger partial charge in [-0.2, -0.15) is 0 Å². The van der Waals surface area contributed by atoms with E-state index in [2.05, 4.69) is 15.7 Å². The maximum Gasteiger partial charge on any atom is 0.248 e. The van der Waals surface area contributed by atoms with Crippen molar-refractivity contribution in [1.82, 2.24) is 5.43 Å². The Hall–Kier alpha value is -2.08. The van der Waals surface area contributed by atoms with E-state index in [1.807, 2.05) is 0 Å². The van der Waals surface area contributed by atoms with Crippen molar-refractivity contribution >= 4 is 17.6 Å². The first-order valence-electron chi connectivity index (χ1n) is 4.27. The zero-order chi connectivity index (χ0) is 11.3. The number of amides is 1. The molecule has 0 radical (unpaired) electrons. The molecule has 6 nitrogen and oxygen atoms in total. The van der Waals surface area contributed by atoms with Crippen molar-refractivity contribution in [1.29, 1.82) is 0 Å². The molecule has 1 aromatic rings. The van der Waals surface area contributed by atoms with Gasteiger partial charge in [0, 0.05) is 18.3 Å². The summed E-state index contributed by atoms with van der Waals surface area (Å²) in [5, 5.41) is 2.88. The monoisotopic (exact) mass is 207 g/mol. The molecule has 80 valence electrons. The van der Waals surface area contributed by atoms with Crippen LogP contribution >= 0.6 is 0 Å². The molecular formula is C9H13N5O. The van der Waals surface area contributed by atoms with E-state index < -0.39 is 5.91 Å². The zero-order valence-electron chi connectivity index (χ0n) is 8.32. The number of nitrogens with zero attached hydrogens (tertiary/aromatic N) is 1. The molecule has 0 aliphatic heterocycles. The van der Waals surface area contributed by atoms with Gasteiger partial charge in [0.25, 0.3) is 0 Å². The summed E-state index contributed by atoms with van der Waals surface area (Å²) in [6, 6.07) is 6.73. The lowest BCUT2D eigenvalue weighted by atomic mass is 10.2. The van der Waals surface area contributed by atoms with Crippen LogP contribution < -0.4 is 22.3 Å². The number of rotatable bonds is 2. The fraction of sp³-hybridized carbons (Fsp3) is 0.111. The topological polar surface area (TPSA) is 106 Å². The molecule has 0 bridgehead atoms. The number of carbonyl (C=O) groups excluding carboxylic acids is 1. The van der Waals surface area contributed by atoms with Gasteiger partial charge in [0.1, 0.15) is 0 Å². The Labute approximate surface area is 87.3 Å². The standard InChI is InChI=1S/C9H13N5O/c1-12-9(14-11)13-7-4-2-3-6(5-7)8(10)15/h2-5H,11H2,1H3,(H2,10,15)(H2,12,13,14). The largest absolute Gasteiger partial charge is 0.366 e. The number of hydrazine groups is 1. The molecule has 0 saturated heterocycles. The maximum atomic E-state index is 10.9. The van der Waals surface area contributed by atoms with Crippen LogP contribution in [0.1, 0.15) is 10.4 Å². The first kappa shape index (κ1) is 11.0. The van der Waals surface area contributed by atoms with Crippen molar-refractivity contribution in [2.24, 2.45) is 16.6 Å². The number of guanidine groups is 1. The second kappa shape index (κ2) is 4.97. The highest BCUT2D eigenvalue weighted by molar-refractivity contribution is 5.97. The summed E-state index contributed by atoms with van der Waals surface area (Å²) in [6.07, 6.45) is 0. The van der Waals surface area contributed by atoms with E-state index >= 15 is 0 Å². The van der Waals surface area contributed by atoms with Crippen molar-refractivity contribution < 1.29 is 4.79 Å². The van der Waals surface area contributed by atoms with Crippen LogP contribution in [0.4, 0.5) is 5.69 Å². The van der Waals surface area contributed by atoms with E-state index in [1.54, 1.807) is 31.3 Å². The summed E-state index contributed by atoms with van der Waals surface area (Å²) < 4.78 is 0. The third kappa shape index (κ3) is 2.96. The van der Waals surface area contributed by atoms with Gasteiger partial charge in [0.15, 0.2) is 0 Å². The Morgan fingerprint density at radius 1 is 1.47 bits per heavy atom. The van der Waals surface area contributed by atoms with E-state index in [0.29, 0.717) is 17.2 Å². The van der Waals surface area contributed by atoms with Crippen LogP contribution in [0.2, 0.25) is 0 Å². The van der Waals surface area contributed by atoms with Crippen molar-refractivity contribution in [3.63, 3.8) is 0 Å². The summed E-state index contributed by atoms with van der Waals surface area (Å²) in [6.45, 7) is 0. The van der Waals surface area contributed by atoms with Crippen LogP contribution in [-0.2, 0) is 0 Å². The van der Waals surface area contributed by atoms with Crippen LogP contribution in [0, 0.1) is 0 Å². The molecule has 0 saturated carbocycles. The fourth-order valence-corrected chi connectivity index (χ4v) is 1.04. The zero-order valence-corrected chi connectivity index (χ0v) is 8.32. The van der Waals surface area contributed by atoms with E-state index in [4.69, 9.17) is 11.6 Å². The summed E-state index contributed by atoms with van der Waals surface area (Å²) in [5.74, 6) is 5.12. The average Bonchev–Trinajstić information content (AvgIpc) is 2.26. The summed E-state index contributed by atoms with van der Waals surface area (Å²) in [4.78, 5) is 14.7. The summed E-state index contributed by atoms with van der Waals surface area (Å²) in [5.41, 5.74) is 8.62. The second-order valence-electron chi connectivity index (χ2n) is 2.79. The first-order valence-corrected chi connectivity index (χ1v) is 4.27. The molecule has 0 aliphatic rings. The highest BCUT2D eigenvalue weighted by atomic mass is 16.1. The molecule has 6 N–H and O–H groups in total. The van der Waals surface area contributed by atoms with Gasteiger partial charge >= 0.3 is 0 Å². The Balaban J connectivity index is 2.87. The summed E-state index contributed by atoms with van der Waals surface area (Å²) in [7, 11) is 1.58. The number of anilines is 1. The number of benzene rings is 1. The van der Waals surface area contributed by atoms with Gasteiger partial charge in [-0.05, 0) is 18.2 Å². The van der Waals surface area contributed by atoms with Crippen molar-refractivity contribution in [2.75, 3.05) is 12.4 Å². The molecule has 0 spiro atoms. The van der Waals surface area contributed by atoms with Crippen LogP contribution in [0.25, 0.3) is 0 Å². The molecule has 0 fully saturated rings. The molecule has 0 aliphatic carbocycles. The van der Waals surface area contributed by atoms with Crippen molar-refractivity contribution in [3.05, 3.63) is 29.8 Å². The first-order chi connectivity index (χ1) is 7.17. The van der Waals surface area contributed by atoms with Gasteiger partial charge in [0.05, 0.1) is 0 Å². The van der Waals surface area contributed by atoms with Crippen LogP contribution in [0.15, 0.2) is 29.3 Å². The van der Waals surface area contributed by atoms with E-state index in [1.165, 1.54) is 0 Å². The van der Waals surface area contributed by atoms with Crippen LogP contribution in [0.3, 0.4) is 0 Å². The predicted molar refractivity (Wildman–Crippen MR) is 59.3 cm³/mol. The molecule has 0 heterocycles. The number of primary amides is 1. The van der Waals surface area contributed by atoms with E-state index in [-0.39, 0.29) is 0 Å². The Bertz CT molecular complexity index is 388. The Morgan fingerprint density at radius 3 is 2.73 bits per heavy atom. The highest BCUT2D eigenvalue weighted by Crippen LogP contribution is 2.09. The van der Waals surface area contributed by atoms with Gasteiger partial charge in [-0.25, -0.2) is 5.84 Å². The second-order valence-corrected chi connectivity index (χ2v) is 2.79. The normalized spacial score (nSPS) is 10.9. The lowest BCUT2D eigenvalue weighted by Crippen LogP contribution is -2.36. The lowest BCUT2D eigenvalue weighted by Gasteiger charge is -2.08. The lowest BCUT2D eigenvalue weighted by molar-refractivity contribution is 0.100. The Kier molecular flexibility index (Phi) is 3.64. The highest BCUT2D eigenvalue weighted by Gasteiger charge is 2.02.